The molecule has 1 heterocycles. The molecule has 1 aliphatic heterocycles. The average Bonchev–Trinajstić information content (AvgIpc) is 2.66. The summed E-state index contributed by atoms with van der Waals surface area (Å²) in [7, 11) is 0. The van der Waals surface area contributed by atoms with Crippen LogP contribution in [0.25, 0.3) is 0 Å². The lowest BCUT2D eigenvalue weighted by molar-refractivity contribution is -0.385. The van der Waals surface area contributed by atoms with Crippen molar-refractivity contribution in [3.05, 3.63) is 32.3 Å². The van der Waals surface area contributed by atoms with Crippen molar-refractivity contribution >= 4 is 23.6 Å². The van der Waals surface area contributed by atoms with Crippen molar-refractivity contribution in [2.24, 2.45) is 0 Å². The Bertz CT molecular complexity index is 458. The minimum atomic E-state index is -0.617. The molecule has 0 bridgehead atoms. The number of rotatable bonds is 2. The second-order valence-corrected chi connectivity index (χ2v) is 3.48. The van der Waals surface area contributed by atoms with Crippen molar-refractivity contribution in [1.29, 1.82) is 0 Å². The van der Waals surface area contributed by atoms with Crippen molar-refractivity contribution in [3.63, 3.8) is 0 Å². The van der Waals surface area contributed by atoms with Gasteiger partial charge in [0.25, 0.3) is 5.69 Å². The van der Waals surface area contributed by atoms with Gasteiger partial charge < -0.3 is 4.74 Å². The highest BCUT2D eigenvalue weighted by Gasteiger charge is 2.27. The number of benzene rings is 1. The number of hydrogen-bond donors (Lipinski definition) is 0. The minimum Gasteiger partial charge on any atom is -0.491 e. The van der Waals surface area contributed by atoms with Gasteiger partial charge in [-0.25, -0.2) is 0 Å². The summed E-state index contributed by atoms with van der Waals surface area (Å²) in [5.74, 6) is 0.393. The molecule has 0 atom stereocenters. The second-order valence-electron chi connectivity index (χ2n) is 3.07. The molecule has 0 aliphatic carbocycles. The summed E-state index contributed by atoms with van der Waals surface area (Å²) >= 11 is 5.80. The third-order valence-corrected chi connectivity index (χ3v) is 2.55. The maximum absolute atomic E-state index is 10.8. The predicted octanol–water partition coefficient (Wildman–Crippen LogP) is 2.00. The number of nitro benzene ring substituents is 1. The number of fused-ring (bicyclic) bond motifs is 1. The normalized spacial score (nSPS) is 13.1. The van der Waals surface area contributed by atoms with E-state index in [1.807, 2.05) is 0 Å². The van der Waals surface area contributed by atoms with Crippen molar-refractivity contribution in [1.82, 2.24) is 0 Å². The van der Waals surface area contributed by atoms with Crippen LogP contribution < -0.4 is 4.74 Å². The molecule has 0 spiro atoms. The molecule has 0 fully saturated rings. The van der Waals surface area contributed by atoms with Gasteiger partial charge in [0.15, 0.2) is 6.29 Å². The molecule has 15 heavy (non-hydrogen) atoms. The minimum absolute atomic E-state index is 0.0666. The van der Waals surface area contributed by atoms with E-state index in [4.69, 9.17) is 16.3 Å². The van der Waals surface area contributed by atoms with Crippen LogP contribution in [0.1, 0.15) is 15.9 Å². The van der Waals surface area contributed by atoms with E-state index >= 15 is 0 Å². The lowest BCUT2D eigenvalue weighted by Gasteiger charge is -2.04. The summed E-state index contributed by atoms with van der Waals surface area (Å²) in [6, 6.07) is 1.15. The summed E-state index contributed by atoms with van der Waals surface area (Å²) in [5.41, 5.74) is 0.334. The lowest BCUT2D eigenvalue weighted by atomic mass is 10.0. The molecular formula is C9H6ClNO4. The lowest BCUT2D eigenvalue weighted by Crippen LogP contribution is -1.98. The zero-order chi connectivity index (χ0) is 11.0. The molecule has 6 heteroatoms. The van der Waals surface area contributed by atoms with E-state index in [0.29, 0.717) is 30.6 Å². The standard InChI is InChI=1S/C9H6ClNO4/c10-7-3-8(11(13)14)6(4-12)5-1-2-15-9(5)7/h3-4H,1-2H2. The number of carbonyl (C=O) groups excluding carboxylic acids is 1. The van der Waals surface area contributed by atoms with Crippen LogP contribution in [0.5, 0.6) is 5.75 Å². The van der Waals surface area contributed by atoms with Crippen LogP contribution in [-0.2, 0) is 6.42 Å². The zero-order valence-corrected chi connectivity index (χ0v) is 8.28. The Labute approximate surface area is 89.8 Å². The molecule has 2 rings (SSSR count). The highest BCUT2D eigenvalue weighted by molar-refractivity contribution is 6.32. The van der Waals surface area contributed by atoms with Gasteiger partial charge in [-0.3, -0.25) is 14.9 Å². The van der Waals surface area contributed by atoms with E-state index in [-0.39, 0.29) is 16.3 Å². The van der Waals surface area contributed by atoms with E-state index in [1.54, 1.807) is 0 Å². The van der Waals surface area contributed by atoms with Crippen LogP contribution in [0, 0.1) is 10.1 Å². The monoisotopic (exact) mass is 227 g/mol. The molecule has 1 aromatic carbocycles. The fourth-order valence-electron chi connectivity index (χ4n) is 1.63. The number of nitro groups is 1. The highest BCUT2D eigenvalue weighted by atomic mass is 35.5. The van der Waals surface area contributed by atoms with Crippen LogP contribution in [0.4, 0.5) is 5.69 Å². The van der Waals surface area contributed by atoms with E-state index in [0.717, 1.165) is 6.07 Å². The first-order valence-corrected chi connectivity index (χ1v) is 4.60. The summed E-state index contributed by atoms with van der Waals surface area (Å²) < 4.78 is 5.19. The first-order chi connectivity index (χ1) is 7.15. The molecule has 0 N–H and O–H groups in total. The summed E-state index contributed by atoms with van der Waals surface area (Å²) in [5, 5.41) is 10.9. The molecule has 0 aromatic heterocycles. The number of ether oxygens (including phenoxy) is 1. The number of carbonyl (C=O) groups is 1. The van der Waals surface area contributed by atoms with Crippen LogP contribution in [-0.4, -0.2) is 17.8 Å². The van der Waals surface area contributed by atoms with E-state index < -0.39 is 4.92 Å². The maximum atomic E-state index is 10.8. The quantitative estimate of drug-likeness (QED) is 0.440. The van der Waals surface area contributed by atoms with E-state index in [9.17, 15) is 14.9 Å². The Morgan fingerprint density at radius 3 is 2.93 bits per heavy atom. The van der Waals surface area contributed by atoms with Gasteiger partial charge in [0.1, 0.15) is 5.75 Å². The highest BCUT2D eigenvalue weighted by Crippen LogP contribution is 2.39. The third kappa shape index (κ3) is 1.45. The van der Waals surface area contributed by atoms with Gasteiger partial charge in [0, 0.05) is 18.1 Å². The van der Waals surface area contributed by atoms with Crippen molar-refractivity contribution in [3.8, 4) is 5.75 Å². The van der Waals surface area contributed by atoms with Gasteiger partial charge in [-0.05, 0) is 0 Å². The number of halogens is 1. The molecule has 0 radical (unpaired) electrons. The molecule has 1 aliphatic rings. The Balaban J connectivity index is 2.74. The number of hydrogen-bond acceptors (Lipinski definition) is 4. The fourth-order valence-corrected chi connectivity index (χ4v) is 1.90. The average molecular weight is 228 g/mol. The molecule has 0 saturated heterocycles. The summed E-state index contributed by atoms with van der Waals surface area (Å²) in [6.07, 6.45) is 0.951. The van der Waals surface area contributed by atoms with Crippen LogP contribution in [0.3, 0.4) is 0 Å². The number of aldehydes is 1. The molecule has 0 saturated carbocycles. The molecule has 5 nitrogen and oxygen atoms in total. The molecule has 0 amide bonds. The fraction of sp³-hybridized carbons (Fsp3) is 0.222. The van der Waals surface area contributed by atoms with Crippen LogP contribution in [0.2, 0.25) is 5.02 Å². The van der Waals surface area contributed by atoms with E-state index in [2.05, 4.69) is 0 Å². The van der Waals surface area contributed by atoms with Crippen LogP contribution in [0.15, 0.2) is 6.07 Å². The van der Waals surface area contributed by atoms with Gasteiger partial charge in [-0.15, -0.1) is 0 Å². The molecular weight excluding hydrogens is 222 g/mol. The van der Waals surface area contributed by atoms with Gasteiger partial charge in [0.05, 0.1) is 22.1 Å². The largest absolute Gasteiger partial charge is 0.491 e. The zero-order valence-electron chi connectivity index (χ0n) is 7.53. The number of nitrogens with zero attached hydrogens (tertiary/aromatic N) is 1. The third-order valence-electron chi connectivity index (χ3n) is 2.27. The SMILES string of the molecule is O=Cc1c([N+](=O)[O-])cc(Cl)c2c1CCO2. The second kappa shape index (κ2) is 3.51. The Morgan fingerprint density at radius 2 is 2.33 bits per heavy atom. The topological polar surface area (TPSA) is 69.4 Å². The Hall–Kier alpha value is -1.62. The summed E-state index contributed by atoms with van der Waals surface area (Å²) in [4.78, 5) is 20.9. The smallest absolute Gasteiger partial charge is 0.281 e. The Morgan fingerprint density at radius 1 is 1.60 bits per heavy atom. The predicted molar refractivity (Wildman–Crippen MR) is 52.7 cm³/mol. The molecule has 1 aromatic rings. The maximum Gasteiger partial charge on any atom is 0.281 e. The summed E-state index contributed by atoms with van der Waals surface area (Å²) in [6.45, 7) is 0.400. The van der Waals surface area contributed by atoms with Gasteiger partial charge in [-0.2, -0.15) is 0 Å². The van der Waals surface area contributed by atoms with Crippen LogP contribution >= 0.6 is 11.6 Å². The van der Waals surface area contributed by atoms with Crippen molar-refractivity contribution < 1.29 is 14.5 Å². The molecule has 0 unspecified atom stereocenters. The van der Waals surface area contributed by atoms with E-state index in [1.165, 1.54) is 0 Å². The first kappa shape index (κ1) is 9.92. The molecule has 78 valence electrons. The van der Waals surface area contributed by atoms with Gasteiger partial charge in [0.2, 0.25) is 0 Å². The first-order valence-electron chi connectivity index (χ1n) is 4.23. The van der Waals surface area contributed by atoms with Crippen molar-refractivity contribution in [2.45, 2.75) is 6.42 Å². The van der Waals surface area contributed by atoms with Gasteiger partial charge in [-0.1, -0.05) is 11.6 Å². The van der Waals surface area contributed by atoms with Gasteiger partial charge >= 0.3 is 0 Å². The van der Waals surface area contributed by atoms with Crippen molar-refractivity contribution in [2.75, 3.05) is 6.61 Å². The Kier molecular flexibility index (Phi) is 2.32.